The van der Waals surface area contributed by atoms with Crippen LogP contribution in [0.3, 0.4) is 0 Å². The van der Waals surface area contributed by atoms with Gasteiger partial charge in [-0.05, 0) is 43.7 Å². The summed E-state index contributed by atoms with van der Waals surface area (Å²) in [5, 5.41) is 1.94. The van der Waals surface area contributed by atoms with Crippen molar-refractivity contribution in [3.63, 3.8) is 0 Å². The zero-order chi connectivity index (χ0) is 10.1. The van der Waals surface area contributed by atoms with Gasteiger partial charge in [-0.2, -0.15) is 0 Å². The van der Waals surface area contributed by atoms with Gasteiger partial charge in [0.2, 0.25) is 0 Å². The quantitative estimate of drug-likeness (QED) is 0.783. The number of fused-ring (bicyclic) bond motifs is 1. The van der Waals surface area contributed by atoms with Gasteiger partial charge in [-0.1, -0.05) is 11.6 Å². The molecule has 2 nitrogen and oxygen atoms in total. The van der Waals surface area contributed by atoms with Crippen molar-refractivity contribution in [2.75, 3.05) is 6.54 Å². The molecule has 0 saturated carbocycles. The number of halogens is 1. The van der Waals surface area contributed by atoms with Gasteiger partial charge in [-0.15, -0.1) is 0 Å². The summed E-state index contributed by atoms with van der Waals surface area (Å²) in [6, 6.07) is 6.05. The summed E-state index contributed by atoms with van der Waals surface area (Å²) in [5.74, 6) is 0. The number of aromatic nitrogens is 1. The SMILES string of the molecule is Cc1cc2cc(Cl)cc(CCN)c2[nH]1. The van der Waals surface area contributed by atoms with Crippen molar-refractivity contribution in [3.05, 3.63) is 34.5 Å². The first-order valence-corrected chi connectivity index (χ1v) is 5.06. The minimum absolute atomic E-state index is 0.646. The second kappa shape index (κ2) is 3.64. The van der Waals surface area contributed by atoms with E-state index >= 15 is 0 Å². The third kappa shape index (κ3) is 1.63. The monoisotopic (exact) mass is 208 g/mol. The average molecular weight is 209 g/mol. The Hall–Kier alpha value is -0.990. The maximum atomic E-state index is 6.01. The first kappa shape index (κ1) is 9.56. The van der Waals surface area contributed by atoms with Crippen LogP contribution < -0.4 is 5.73 Å². The second-order valence-electron chi connectivity index (χ2n) is 3.52. The summed E-state index contributed by atoms with van der Waals surface area (Å²) in [6.07, 6.45) is 0.858. The number of nitrogens with one attached hydrogen (secondary N) is 1. The minimum atomic E-state index is 0.646. The Bertz CT molecular complexity index is 460. The normalized spacial score (nSPS) is 11.1. The second-order valence-corrected chi connectivity index (χ2v) is 3.96. The van der Waals surface area contributed by atoms with Gasteiger partial charge < -0.3 is 10.7 Å². The lowest BCUT2D eigenvalue weighted by atomic mass is 10.1. The Balaban J connectivity index is 2.66. The van der Waals surface area contributed by atoms with Gasteiger partial charge in [0.1, 0.15) is 0 Å². The number of H-pyrrole nitrogens is 1. The van der Waals surface area contributed by atoms with Gasteiger partial charge in [0.15, 0.2) is 0 Å². The molecule has 0 aliphatic carbocycles. The van der Waals surface area contributed by atoms with Crippen molar-refractivity contribution >= 4 is 22.5 Å². The fourth-order valence-corrected chi connectivity index (χ4v) is 2.02. The van der Waals surface area contributed by atoms with Crippen LogP contribution in [-0.4, -0.2) is 11.5 Å². The predicted octanol–water partition coefficient (Wildman–Crippen LogP) is 2.63. The number of rotatable bonds is 2. The van der Waals surface area contributed by atoms with E-state index in [0.29, 0.717) is 6.54 Å². The Labute approximate surface area is 88.1 Å². The van der Waals surface area contributed by atoms with Crippen LogP contribution in [0.5, 0.6) is 0 Å². The minimum Gasteiger partial charge on any atom is -0.358 e. The van der Waals surface area contributed by atoms with Gasteiger partial charge in [-0.3, -0.25) is 0 Å². The first-order chi connectivity index (χ1) is 6.70. The van der Waals surface area contributed by atoms with Crippen LogP contribution in [0.25, 0.3) is 10.9 Å². The smallest absolute Gasteiger partial charge is 0.0490 e. The van der Waals surface area contributed by atoms with Gasteiger partial charge in [-0.25, -0.2) is 0 Å². The molecule has 1 aromatic carbocycles. The van der Waals surface area contributed by atoms with Gasteiger partial charge in [0.25, 0.3) is 0 Å². The van der Waals surface area contributed by atoms with Crippen LogP contribution in [0.1, 0.15) is 11.3 Å². The molecule has 0 radical (unpaired) electrons. The van der Waals surface area contributed by atoms with Crippen LogP contribution in [0.4, 0.5) is 0 Å². The summed E-state index contributed by atoms with van der Waals surface area (Å²) in [7, 11) is 0. The lowest BCUT2D eigenvalue weighted by molar-refractivity contribution is 0.974. The molecule has 0 amide bonds. The third-order valence-electron chi connectivity index (χ3n) is 2.32. The highest BCUT2D eigenvalue weighted by Crippen LogP contribution is 2.24. The predicted molar refractivity (Wildman–Crippen MR) is 60.8 cm³/mol. The number of aromatic amines is 1. The molecule has 0 unspecified atom stereocenters. The maximum absolute atomic E-state index is 6.01. The molecule has 1 aromatic heterocycles. The molecule has 0 atom stereocenters. The number of benzene rings is 1. The maximum Gasteiger partial charge on any atom is 0.0490 e. The summed E-state index contributed by atoms with van der Waals surface area (Å²) < 4.78 is 0. The van der Waals surface area contributed by atoms with E-state index in [1.165, 1.54) is 10.9 Å². The van der Waals surface area contributed by atoms with E-state index in [2.05, 4.69) is 11.1 Å². The molecule has 0 saturated heterocycles. The molecule has 1 heterocycles. The van der Waals surface area contributed by atoms with Crippen LogP contribution in [-0.2, 0) is 6.42 Å². The van der Waals surface area contributed by atoms with E-state index in [-0.39, 0.29) is 0 Å². The molecular weight excluding hydrogens is 196 g/mol. The molecule has 0 fully saturated rings. The molecule has 3 heteroatoms. The Morgan fingerprint density at radius 3 is 2.86 bits per heavy atom. The fraction of sp³-hybridized carbons (Fsp3) is 0.273. The van der Waals surface area contributed by atoms with Crippen molar-refractivity contribution in [1.29, 1.82) is 0 Å². The Kier molecular flexibility index (Phi) is 2.48. The molecule has 0 bridgehead atoms. The summed E-state index contributed by atoms with van der Waals surface area (Å²) in [6.45, 7) is 2.69. The van der Waals surface area contributed by atoms with E-state index in [4.69, 9.17) is 17.3 Å². The van der Waals surface area contributed by atoms with E-state index in [1.54, 1.807) is 0 Å². The highest BCUT2D eigenvalue weighted by Gasteiger charge is 2.04. The zero-order valence-electron chi connectivity index (χ0n) is 8.10. The van der Waals surface area contributed by atoms with Gasteiger partial charge in [0.05, 0.1) is 0 Å². The van der Waals surface area contributed by atoms with E-state index in [9.17, 15) is 0 Å². The van der Waals surface area contributed by atoms with E-state index < -0.39 is 0 Å². The fourth-order valence-electron chi connectivity index (χ4n) is 1.77. The van der Waals surface area contributed by atoms with E-state index in [1.807, 2.05) is 19.1 Å². The highest BCUT2D eigenvalue weighted by atomic mass is 35.5. The number of hydrogen-bond acceptors (Lipinski definition) is 1. The highest BCUT2D eigenvalue weighted by molar-refractivity contribution is 6.31. The van der Waals surface area contributed by atoms with Crippen LogP contribution in [0, 0.1) is 6.92 Å². The van der Waals surface area contributed by atoms with Crippen molar-refractivity contribution in [3.8, 4) is 0 Å². The largest absolute Gasteiger partial charge is 0.358 e. The van der Waals surface area contributed by atoms with Crippen LogP contribution >= 0.6 is 11.6 Å². The van der Waals surface area contributed by atoms with E-state index in [0.717, 1.165) is 22.7 Å². The van der Waals surface area contributed by atoms with Crippen molar-refractivity contribution in [2.24, 2.45) is 5.73 Å². The molecule has 0 aliphatic heterocycles. The van der Waals surface area contributed by atoms with Crippen molar-refractivity contribution in [1.82, 2.24) is 4.98 Å². The molecule has 14 heavy (non-hydrogen) atoms. The number of hydrogen-bond donors (Lipinski definition) is 2. The van der Waals surface area contributed by atoms with Gasteiger partial charge in [0, 0.05) is 21.6 Å². The number of aryl methyl sites for hydroxylation is 1. The average Bonchev–Trinajstić information content (AvgIpc) is 2.45. The first-order valence-electron chi connectivity index (χ1n) is 4.68. The zero-order valence-corrected chi connectivity index (χ0v) is 8.86. The standard InChI is InChI=1S/C11H13ClN2/c1-7-4-9-6-10(12)5-8(2-3-13)11(9)14-7/h4-6,14H,2-3,13H2,1H3. The summed E-state index contributed by atoms with van der Waals surface area (Å²) >= 11 is 6.01. The molecule has 2 aromatic rings. The third-order valence-corrected chi connectivity index (χ3v) is 2.54. The summed E-state index contributed by atoms with van der Waals surface area (Å²) in [4.78, 5) is 3.32. The Morgan fingerprint density at radius 1 is 1.36 bits per heavy atom. The van der Waals surface area contributed by atoms with Gasteiger partial charge >= 0.3 is 0 Å². The molecule has 0 aliphatic rings. The lowest BCUT2D eigenvalue weighted by Crippen LogP contribution is -2.03. The van der Waals surface area contributed by atoms with Crippen LogP contribution in [0.2, 0.25) is 5.02 Å². The molecule has 74 valence electrons. The molecule has 2 rings (SSSR count). The van der Waals surface area contributed by atoms with Crippen LogP contribution in [0.15, 0.2) is 18.2 Å². The number of nitrogens with two attached hydrogens (primary N) is 1. The molecule has 3 N–H and O–H groups in total. The molecular formula is C11H13ClN2. The lowest BCUT2D eigenvalue weighted by Gasteiger charge is -2.02. The molecule has 0 spiro atoms. The van der Waals surface area contributed by atoms with Crippen molar-refractivity contribution < 1.29 is 0 Å². The van der Waals surface area contributed by atoms with Crippen molar-refractivity contribution in [2.45, 2.75) is 13.3 Å². The topological polar surface area (TPSA) is 41.8 Å². The Morgan fingerprint density at radius 2 is 2.14 bits per heavy atom. The summed E-state index contributed by atoms with van der Waals surface area (Å²) in [5.41, 5.74) is 9.07.